The fourth-order valence-corrected chi connectivity index (χ4v) is 3.66. The van der Waals surface area contributed by atoms with Crippen LogP contribution in [0, 0.1) is 0 Å². The molecule has 29 heavy (non-hydrogen) atoms. The second-order valence-corrected chi connectivity index (χ2v) is 7.89. The van der Waals surface area contributed by atoms with E-state index in [0.29, 0.717) is 22.6 Å². The number of benzene rings is 3. The third-order valence-electron chi connectivity index (χ3n) is 3.89. The number of sulfonamides is 1. The molecule has 0 aromatic heterocycles. The molecule has 0 radical (unpaired) electrons. The van der Waals surface area contributed by atoms with Crippen molar-refractivity contribution in [1.82, 2.24) is 0 Å². The van der Waals surface area contributed by atoms with Crippen LogP contribution in [0.25, 0.3) is 0 Å². The van der Waals surface area contributed by atoms with E-state index in [9.17, 15) is 18.0 Å². The SMILES string of the molecule is CC(=O)Nc1ccc(C(=O)Nc2cccc(NS(=O)(=O)c3ccccc3)c2)cc1. The molecule has 3 aromatic rings. The Morgan fingerprint density at radius 3 is 2.03 bits per heavy atom. The summed E-state index contributed by atoms with van der Waals surface area (Å²) in [4.78, 5) is 23.6. The molecule has 0 spiro atoms. The van der Waals surface area contributed by atoms with E-state index in [1.54, 1.807) is 60.7 Å². The van der Waals surface area contributed by atoms with Crippen LogP contribution in [0.3, 0.4) is 0 Å². The van der Waals surface area contributed by atoms with Gasteiger partial charge in [0.2, 0.25) is 5.91 Å². The topological polar surface area (TPSA) is 104 Å². The van der Waals surface area contributed by atoms with Gasteiger partial charge in [-0.05, 0) is 54.6 Å². The van der Waals surface area contributed by atoms with Crippen LogP contribution in [0.1, 0.15) is 17.3 Å². The molecule has 0 saturated carbocycles. The molecule has 2 amide bonds. The molecule has 0 bridgehead atoms. The smallest absolute Gasteiger partial charge is 0.261 e. The zero-order valence-electron chi connectivity index (χ0n) is 15.5. The molecular formula is C21H19N3O4S. The first-order valence-electron chi connectivity index (χ1n) is 8.70. The molecule has 0 heterocycles. The van der Waals surface area contributed by atoms with Gasteiger partial charge in [0.25, 0.3) is 15.9 Å². The van der Waals surface area contributed by atoms with Gasteiger partial charge in [-0.2, -0.15) is 0 Å². The second-order valence-electron chi connectivity index (χ2n) is 6.21. The Kier molecular flexibility index (Phi) is 5.94. The standard InChI is InChI=1S/C21H19N3O4S/c1-15(25)22-17-12-10-16(11-13-17)21(26)23-18-6-5-7-19(14-18)24-29(27,28)20-8-3-2-4-9-20/h2-14,24H,1H3,(H,22,25)(H,23,26). The second kappa shape index (κ2) is 8.57. The minimum absolute atomic E-state index is 0.147. The number of anilines is 3. The Hall–Kier alpha value is -3.65. The maximum atomic E-state index is 12.4. The maximum absolute atomic E-state index is 12.4. The summed E-state index contributed by atoms with van der Waals surface area (Å²) in [5.41, 5.74) is 1.75. The van der Waals surface area contributed by atoms with Gasteiger partial charge >= 0.3 is 0 Å². The monoisotopic (exact) mass is 409 g/mol. The molecule has 148 valence electrons. The highest BCUT2D eigenvalue weighted by Crippen LogP contribution is 2.20. The molecule has 0 aliphatic heterocycles. The minimum Gasteiger partial charge on any atom is -0.326 e. The van der Waals surface area contributed by atoms with Crippen molar-refractivity contribution in [3.63, 3.8) is 0 Å². The van der Waals surface area contributed by atoms with Gasteiger partial charge in [0.1, 0.15) is 0 Å². The predicted octanol–water partition coefficient (Wildman–Crippen LogP) is 3.70. The van der Waals surface area contributed by atoms with Gasteiger partial charge < -0.3 is 10.6 Å². The van der Waals surface area contributed by atoms with Gasteiger partial charge in [0.15, 0.2) is 0 Å². The van der Waals surface area contributed by atoms with E-state index in [4.69, 9.17) is 0 Å². The Morgan fingerprint density at radius 1 is 0.724 bits per heavy atom. The molecule has 8 heteroatoms. The van der Waals surface area contributed by atoms with Crippen molar-refractivity contribution in [2.75, 3.05) is 15.4 Å². The van der Waals surface area contributed by atoms with Crippen molar-refractivity contribution in [3.05, 3.63) is 84.4 Å². The fourth-order valence-electron chi connectivity index (χ4n) is 2.59. The van der Waals surface area contributed by atoms with Gasteiger partial charge in [-0.25, -0.2) is 8.42 Å². The Bertz CT molecular complexity index is 1130. The Morgan fingerprint density at radius 2 is 1.38 bits per heavy atom. The van der Waals surface area contributed by atoms with Crippen molar-refractivity contribution in [2.24, 2.45) is 0 Å². The number of hydrogen-bond donors (Lipinski definition) is 3. The summed E-state index contributed by atoms with van der Waals surface area (Å²) in [6.45, 7) is 1.40. The first-order chi connectivity index (χ1) is 13.8. The zero-order chi connectivity index (χ0) is 20.9. The van der Waals surface area contributed by atoms with Gasteiger partial charge in [-0.3, -0.25) is 14.3 Å². The number of amides is 2. The number of nitrogens with one attached hydrogen (secondary N) is 3. The summed E-state index contributed by atoms with van der Waals surface area (Å²) in [5.74, 6) is -0.556. The number of hydrogen-bond acceptors (Lipinski definition) is 4. The highest BCUT2D eigenvalue weighted by Gasteiger charge is 2.14. The minimum atomic E-state index is -3.72. The first-order valence-corrected chi connectivity index (χ1v) is 10.2. The molecule has 0 saturated heterocycles. The maximum Gasteiger partial charge on any atom is 0.261 e. The van der Waals surface area contributed by atoms with E-state index in [2.05, 4.69) is 15.4 Å². The molecule has 3 N–H and O–H groups in total. The van der Waals surface area contributed by atoms with Gasteiger partial charge in [-0.1, -0.05) is 24.3 Å². The molecule has 3 aromatic carbocycles. The van der Waals surface area contributed by atoms with Crippen molar-refractivity contribution in [3.8, 4) is 0 Å². The average molecular weight is 409 g/mol. The van der Waals surface area contributed by atoms with E-state index < -0.39 is 10.0 Å². The van der Waals surface area contributed by atoms with Gasteiger partial charge in [0, 0.05) is 23.9 Å². The largest absolute Gasteiger partial charge is 0.326 e. The first kappa shape index (κ1) is 20.1. The summed E-state index contributed by atoms with van der Waals surface area (Å²) < 4.78 is 27.4. The quantitative estimate of drug-likeness (QED) is 0.577. The van der Waals surface area contributed by atoms with Crippen LogP contribution in [0.2, 0.25) is 0 Å². The summed E-state index contributed by atoms with van der Waals surface area (Å²) >= 11 is 0. The lowest BCUT2D eigenvalue weighted by Crippen LogP contribution is -2.14. The van der Waals surface area contributed by atoms with E-state index in [1.165, 1.54) is 25.1 Å². The third kappa shape index (κ3) is 5.43. The summed E-state index contributed by atoms with van der Waals surface area (Å²) in [5, 5.41) is 5.35. The summed E-state index contributed by atoms with van der Waals surface area (Å²) in [6.07, 6.45) is 0. The molecule has 0 atom stereocenters. The number of carbonyl (C=O) groups excluding carboxylic acids is 2. The lowest BCUT2D eigenvalue weighted by atomic mass is 10.2. The average Bonchev–Trinajstić information content (AvgIpc) is 2.68. The van der Waals surface area contributed by atoms with Crippen molar-refractivity contribution < 1.29 is 18.0 Å². The van der Waals surface area contributed by atoms with Gasteiger partial charge in [-0.15, -0.1) is 0 Å². The van der Waals surface area contributed by atoms with Crippen LogP contribution < -0.4 is 15.4 Å². The van der Waals surface area contributed by atoms with Crippen LogP contribution in [-0.4, -0.2) is 20.2 Å². The summed E-state index contributed by atoms with van der Waals surface area (Å²) in [7, 11) is -3.72. The number of rotatable bonds is 6. The molecule has 7 nitrogen and oxygen atoms in total. The lowest BCUT2D eigenvalue weighted by Gasteiger charge is -2.11. The zero-order valence-corrected chi connectivity index (χ0v) is 16.4. The highest BCUT2D eigenvalue weighted by molar-refractivity contribution is 7.92. The van der Waals surface area contributed by atoms with Crippen LogP contribution in [0.15, 0.2) is 83.8 Å². The van der Waals surface area contributed by atoms with E-state index >= 15 is 0 Å². The van der Waals surface area contributed by atoms with E-state index in [-0.39, 0.29) is 16.7 Å². The van der Waals surface area contributed by atoms with Gasteiger partial charge in [0.05, 0.1) is 10.6 Å². The molecule has 0 fully saturated rings. The Balaban J connectivity index is 1.71. The van der Waals surface area contributed by atoms with Crippen molar-refractivity contribution >= 4 is 38.9 Å². The molecule has 0 unspecified atom stereocenters. The molecular weight excluding hydrogens is 390 g/mol. The fraction of sp³-hybridized carbons (Fsp3) is 0.0476. The lowest BCUT2D eigenvalue weighted by molar-refractivity contribution is -0.114. The van der Waals surface area contributed by atoms with Crippen molar-refractivity contribution in [2.45, 2.75) is 11.8 Å². The number of carbonyl (C=O) groups is 2. The predicted molar refractivity (Wildman–Crippen MR) is 112 cm³/mol. The summed E-state index contributed by atoms with van der Waals surface area (Å²) in [6, 6.07) is 20.9. The third-order valence-corrected chi connectivity index (χ3v) is 5.29. The van der Waals surface area contributed by atoms with Crippen LogP contribution >= 0.6 is 0 Å². The van der Waals surface area contributed by atoms with Crippen LogP contribution in [-0.2, 0) is 14.8 Å². The Labute approximate surface area is 168 Å². The van der Waals surface area contributed by atoms with Crippen LogP contribution in [0.5, 0.6) is 0 Å². The normalized spacial score (nSPS) is 10.8. The van der Waals surface area contributed by atoms with Crippen molar-refractivity contribution in [1.29, 1.82) is 0 Å². The van der Waals surface area contributed by atoms with Crippen LogP contribution in [0.4, 0.5) is 17.1 Å². The highest BCUT2D eigenvalue weighted by atomic mass is 32.2. The molecule has 3 rings (SSSR count). The van der Waals surface area contributed by atoms with E-state index in [1.807, 2.05) is 0 Å². The van der Waals surface area contributed by atoms with E-state index in [0.717, 1.165) is 0 Å². The molecule has 0 aliphatic carbocycles. The molecule has 0 aliphatic rings.